The predicted molar refractivity (Wildman–Crippen MR) is 145 cm³/mol. The molecule has 6 nitrogen and oxygen atoms in total. The molecule has 1 amide bonds. The Bertz CT molecular complexity index is 1310. The molecule has 3 aromatic carbocycles. The highest BCUT2D eigenvalue weighted by Gasteiger charge is 2.44. The number of benzene rings is 3. The summed E-state index contributed by atoms with van der Waals surface area (Å²) in [4.78, 5) is 28.7. The number of aryl methyl sites for hydroxylation is 2. The van der Waals surface area contributed by atoms with Crippen LogP contribution in [0.25, 0.3) is 0 Å². The van der Waals surface area contributed by atoms with E-state index in [-0.39, 0.29) is 11.9 Å². The zero-order chi connectivity index (χ0) is 25.4. The van der Waals surface area contributed by atoms with Gasteiger partial charge in [0.15, 0.2) is 0 Å². The van der Waals surface area contributed by atoms with E-state index in [1.165, 1.54) is 16.8 Å². The molecule has 5 rings (SSSR count). The van der Waals surface area contributed by atoms with Crippen LogP contribution in [0.5, 0.6) is 0 Å². The topological polar surface area (TPSA) is 78.7 Å². The van der Waals surface area contributed by atoms with Crippen LogP contribution >= 0.6 is 0 Å². The number of anilines is 3. The molecule has 3 N–H and O–H groups in total. The Morgan fingerprint density at radius 2 is 1.75 bits per heavy atom. The van der Waals surface area contributed by atoms with Gasteiger partial charge in [0.1, 0.15) is 0 Å². The van der Waals surface area contributed by atoms with Gasteiger partial charge in [-0.05, 0) is 80.3 Å². The van der Waals surface area contributed by atoms with Crippen LogP contribution in [0.1, 0.15) is 40.8 Å². The van der Waals surface area contributed by atoms with Crippen molar-refractivity contribution in [3.63, 3.8) is 0 Å². The lowest BCUT2D eigenvalue weighted by Gasteiger charge is -2.42. The molecule has 0 spiro atoms. The number of amides is 1. The maximum absolute atomic E-state index is 12.7. The van der Waals surface area contributed by atoms with E-state index in [0.717, 1.165) is 48.7 Å². The van der Waals surface area contributed by atoms with E-state index in [2.05, 4.69) is 71.4 Å². The summed E-state index contributed by atoms with van der Waals surface area (Å²) >= 11 is 0. The lowest BCUT2D eigenvalue weighted by atomic mass is 9.70. The molecule has 2 atom stereocenters. The number of piperazine rings is 1. The zero-order valence-electron chi connectivity index (χ0n) is 21.2. The lowest BCUT2D eigenvalue weighted by Crippen LogP contribution is -2.47. The van der Waals surface area contributed by atoms with Crippen molar-refractivity contribution in [2.24, 2.45) is 11.1 Å². The summed E-state index contributed by atoms with van der Waals surface area (Å²) in [5.74, 6) is -0.362. The third-order valence-electron chi connectivity index (χ3n) is 7.82. The number of hydrogen-bond acceptors (Lipinski definition) is 5. The number of nitrogens with one attached hydrogen (secondary N) is 1. The number of hydrogen-bond donors (Lipinski definition) is 2. The summed E-state index contributed by atoms with van der Waals surface area (Å²) in [6, 6.07) is 20.3. The molecule has 6 heteroatoms. The van der Waals surface area contributed by atoms with Crippen LogP contribution in [0.4, 0.5) is 17.1 Å². The summed E-state index contributed by atoms with van der Waals surface area (Å²) in [6.45, 7) is 9.98. The van der Waals surface area contributed by atoms with Gasteiger partial charge in [0.25, 0.3) is 0 Å². The van der Waals surface area contributed by atoms with Gasteiger partial charge in [0, 0.05) is 48.8 Å². The SMILES string of the molecule is Cc1ccc(N2CCN(c3cccc(C4Nc5ccc([C]=O)cc5CC4(C)C(N)=O)c3)CC2)c(C)c1. The van der Waals surface area contributed by atoms with Gasteiger partial charge in [-0.1, -0.05) is 29.8 Å². The van der Waals surface area contributed by atoms with E-state index in [1.807, 2.05) is 19.3 Å². The summed E-state index contributed by atoms with van der Waals surface area (Å²) in [6.07, 6.45) is 2.40. The molecule has 0 bridgehead atoms. The van der Waals surface area contributed by atoms with E-state index < -0.39 is 5.41 Å². The Kier molecular flexibility index (Phi) is 6.20. The molecule has 1 radical (unpaired) electrons. The van der Waals surface area contributed by atoms with Gasteiger partial charge in [-0.15, -0.1) is 0 Å². The monoisotopic (exact) mass is 481 g/mol. The second-order valence-corrected chi connectivity index (χ2v) is 10.4. The molecule has 0 aromatic heterocycles. The molecule has 1 saturated heterocycles. The van der Waals surface area contributed by atoms with Crippen molar-refractivity contribution in [3.05, 3.63) is 88.5 Å². The van der Waals surface area contributed by atoms with Crippen LogP contribution < -0.4 is 20.9 Å². The Hall–Kier alpha value is -3.80. The first-order valence-electron chi connectivity index (χ1n) is 12.5. The number of rotatable bonds is 5. The Balaban J connectivity index is 1.38. The van der Waals surface area contributed by atoms with Crippen molar-refractivity contribution in [1.29, 1.82) is 0 Å². The van der Waals surface area contributed by atoms with Gasteiger partial charge in [-0.3, -0.25) is 9.59 Å². The van der Waals surface area contributed by atoms with Gasteiger partial charge in [-0.2, -0.15) is 0 Å². The van der Waals surface area contributed by atoms with Gasteiger partial charge in [0.2, 0.25) is 12.2 Å². The molecule has 0 saturated carbocycles. The number of fused-ring (bicyclic) bond motifs is 1. The van der Waals surface area contributed by atoms with Gasteiger partial charge in [-0.25, -0.2) is 0 Å². The molecule has 1 fully saturated rings. The zero-order valence-corrected chi connectivity index (χ0v) is 21.2. The molecule has 2 unspecified atom stereocenters. The van der Waals surface area contributed by atoms with E-state index in [4.69, 9.17) is 5.73 Å². The number of carbonyl (C=O) groups excluding carboxylic acids is 2. The van der Waals surface area contributed by atoms with Gasteiger partial charge >= 0.3 is 0 Å². The summed E-state index contributed by atoms with van der Waals surface area (Å²) in [5.41, 5.74) is 13.5. The maximum Gasteiger partial charge on any atom is 0.233 e. The number of carbonyl (C=O) groups is 1. The van der Waals surface area contributed by atoms with Crippen molar-refractivity contribution in [3.8, 4) is 0 Å². The van der Waals surface area contributed by atoms with Crippen LogP contribution in [0.15, 0.2) is 60.7 Å². The Morgan fingerprint density at radius 3 is 2.44 bits per heavy atom. The van der Waals surface area contributed by atoms with E-state index in [0.29, 0.717) is 12.0 Å². The van der Waals surface area contributed by atoms with Crippen molar-refractivity contribution >= 4 is 29.3 Å². The minimum atomic E-state index is -0.838. The number of nitrogens with zero attached hydrogens (tertiary/aromatic N) is 2. The molecule has 2 aliphatic rings. The van der Waals surface area contributed by atoms with Crippen molar-refractivity contribution in [2.75, 3.05) is 41.3 Å². The third-order valence-corrected chi connectivity index (χ3v) is 7.82. The first-order chi connectivity index (χ1) is 17.3. The molecular weight excluding hydrogens is 448 g/mol. The second kappa shape index (κ2) is 9.34. The third kappa shape index (κ3) is 4.32. The first-order valence-corrected chi connectivity index (χ1v) is 12.5. The normalized spacial score (nSPS) is 21.5. The Morgan fingerprint density at radius 1 is 1.00 bits per heavy atom. The van der Waals surface area contributed by atoms with Crippen LogP contribution in [-0.2, 0) is 16.0 Å². The number of primary amides is 1. The second-order valence-electron chi connectivity index (χ2n) is 10.4. The number of nitrogens with two attached hydrogens (primary N) is 1. The molecule has 185 valence electrons. The molecule has 3 aromatic rings. The van der Waals surface area contributed by atoms with Crippen LogP contribution in [0.3, 0.4) is 0 Å². The van der Waals surface area contributed by atoms with Gasteiger partial charge in [0.05, 0.1) is 11.5 Å². The minimum absolute atomic E-state index is 0.273. The minimum Gasteiger partial charge on any atom is -0.377 e. The largest absolute Gasteiger partial charge is 0.377 e. The fraction of sp³-hybridized carbons (Fsp3) is 0.333. The fourth-order valence-corrected chi connectivity index (χ4v) is 5.70. The smallest absolute Gasteiger partial charge is 0.233 e. The van der Waals surface area contributed by atoms with Crippen LogP contribution in [-0.4, -0.2) is 38.4 Å². The predicted octanol–water partition coefficient (Wildman–Crippen LogP) is 4.29. The summed E-state index contributed by atoms with van der Waals surface area (Å²) < 4.78 is 0. The lowest BCUT2D eigenvalue weighted by molar-refractivity contribution is -0.127. The first kappa shape index (κ1) is 23.9. The van der Waals surface area contributed by atoms with Gasteiger partial charge < -0.3 is 20.9 Å². The Labute approximate surface area is 213 Å². The van der Waals surface area contributed by atoms with E-state index in [9.17, 15) is 9.59 Å². The molecular formula is C30H33N4O2. The van der Waals surface area contributed by atoms with E-state index >= 15 is 0 Å². The molecule has 2 aliphatic heterocycles. The van der Waals surface area contributed by atoms with Crippen LogP contribution in [0.2, 0.25) is 0 Å². The fourth-order valence-electron chi connectivity index (χ4n) is 5.70. The summed E-state index contributed by atoms with van der Waals surface area (Å²) in [7, 11) is 0. The van der Waals surface area contributed by atoms with Crippen molar-refractivity contribution in [2.45, 2.75) is 33.2 Å². The standard InChI is InChI=1S/C30H33N4O2/c1-20-7-10-27(21(2)15-20)34-13-11-33(12-14-34)25-6-4-5-23(17-25)28-30(3,29(31)36)18-24-16-22(19-35)8-9-26(24)32-28/h4-10,15-17,28,32H,11-14,18H2,1-3H3,(H2,31,36). The highest BCUT2D eigenvalue weighted by Crippen LogP contribution is 2.45. The molecule has 36 heavy (non-hydrogen) atoms. The van der Waals surface area contributed by atoms with Crippen molar-refractivity contribution < 1.29 is 9.59 Å². The molecule has 2 heterocycles. The van der Waals surface area contributed by atoms with Crippen molar-refractivity contribution in [1.82, 2.24) is 0 Å². The maximum atomic E-state index is 12.7. The van der Waals surface area contributed by atoms with Crippen LogP contribution in [0, 0.1) is 19.3 Å². The summed E-state index contributed by atoms with van der Waals surface area (Å²) in [5, 5.41) is 3.55. The quantitative estimate of drug-likeness (QED) is 0.569. The van der Waals surface area contributed by atoms with E-state index in [1.54, 1.807) is 12.1 Å². The average molecular weight is 482 g/mol. The molecule has 0 aliphatic carbocycles. The highest BCUT2D eigenvalue weighted by atomic mass is 16.1. The highest BCUT2D eigenvalue weighted by molar-refractivity contribution is 5.85. The average Bonchev–Trinajstić information content (AvgIpc) is 2.88.